The van der Waals surface area contributed by atoms with Gasteiger partial charge in [-0.15, -0.1) is 0 Å². The summed E-state index contributed by atoms with van der Waals surface area (Å²) in [6, 6.07) is 1.34. The molecule has 0 unspecified atom stereocenters. The third-order valence-electron chi connectivity index (χ3n) is 2.52. The molecule has 0 saturated heterocycles. The van der Waals surface area contributed by atoms with Gasteiger partial charge in [-0.3, -0.25) is 19.9 Å². The molecule has 0 atom stereocenters. The van der Waals surface area contributed by atoms with Crippen molar-refractivity contribution in [3.05, 3.63) is 51.7 Å². The van der Waals surface area contributed by atoms with Crippen LogP contribution >= 0.6 is 0 Å². The lowest BCUT2D eigenvalue weighted by Crippen LogP contribution is -2.16. The highest BCUT2D eigenvalue weighted by Crippen LogP contribution is 2.18. The van der Waals surface area contributed by atoms with E-state index in [-0.39, 0.29) is 17.2 Å². The molecule has 20 heavy (non-hydrogen) atoms. The Morgan fingerprint density at radius 1 is 1.20 bits per heavy atom. The fourth-order valence-electron chi connectivity index (χ4n) is 1.47. The Hall–Kier alpha value is -2.90. The van der Waals surface area contributed by atoms with Crippen molar-refractivity contribution in [3.8, 4) is 0 Å². The average molecular weight is 273 g/mol. The Morgan fingerprint density at radius 2 is 1.95 bits per heavy atom. The van der Waals surface area contributed by atoms with Crippen molar-refractivity contribution >= 4 is 17.4 Å². The summed E-state index contributed by atoms with van der Waals surface area (Å²) in [5, 5.41) is 13.1. The van der Waals surface area contributed by atoms with Gasteiger partial charge in [-0.1, -0.05) is 0 Å². The van der Waals surface area contributed by atoms with E-state index in [1.165, 1.54) is 18.5 Å². The normalized spacial score (nSPS) is 10.1. The molecule has 0 radical (unpaired) electrons. The van der Waals surface area contributed by atoms with Gasteiger partial charge < -0.3 is 5.32 Å². The van der Waals surface area contributed by atoms with Crippen LogP contribution in [0.15, 0.2) is 24.7 Å². The van der Waals surface area contributed by atoms with E-state index in [0.29, 0.717) is 11.3 Å². The number of aromatic nitrogens is 3. The zero-order valence-electron chi connectivity index (χ0n) is 10.8. The van der Waals surface area contributed by atoms with Gasteiger partial charge in [0.1, 0.15) is 17.7 Å². The monoisotopic (exact) mass is 273 g/mol. The number of nitrogens with zero attached hydrogens (tertiary/aromatic N) is 4. The van der Waals surface area contributed by atoms with Gasteiger partial charge in [0.15, 0.2) is 0 Å². The van der Waals surface area contributed by atoms with E-state index in [4.69, 9.17) is 0 Å². The number of hydrogen-bond donors (Lipinski definition) is 1. The molecule has 1 N–H and O–H groups in total. The number of rotatable bonds is 3. The summed E-state index contributed by atoms with van der Waals surface area (Å²) >= 11 is 0. The molecule has 0 aromatic carbocycles. The first kappa shape index (κ1) is 13.5. The highest BCUT2D eigenvalue weighted by molar-refractivity contribution is 6.02. The van der Waals surface area contributed by atoms with Crippen molar-refractivity contribution in [2.75, 3.05) is 5.32 Å². The van der Waals surface area contributed by atoms with Crippen LogP contribution < -0.4 is 5.32 Å². The third kappa shape index (κ3) is 2.91. The Morgan fingerprint density at radius 3 is 2.50 bits per heavy atom. The lowest BCUT2D eigenvalue weighted by molar-refractivity contribution is -0.385. The number of nitro groups is 1. The number of hydrogen-bond acceptors (Lipinski definition) is 6. The quantitative estimate of drug-likeness (QED) is 0.672. The standard InChI is InChI=1S/C12H11N5O3/c1-7-3-9(17(19)20)5-15-11(7)16-12(18)10-6-13-8(2)4-14-10/h3-6H,1-2H3,(H,15,16,18). The first-order valence-corrected chi connectivity index (χ1v) is 5.68. The second-order valence-electron chi connectivity index (χ2n) is 4.11. The second-order valence-corrected chi connectivity index (χ2v) is 4.11. The van der Waals surface area contributed by atoms with E-state index >= 15 is 0 Å². The van der Waals surface area contributed by atoms with Crippen LogP contribution in [0.4, 0.5) is 11.5 Å². The zero-order chi connectivity index (χ0) is 14.7. The second kappa shape index (κ2) is 5.39. The maximum absolute atomic E-state index is 11.9. The lowest BCUT2D eigenvalue weighted by Gasteiger charge is -2.06. The Bertz CT molecular complexity index is 669. The maximum Gasteiger partial charge on any atom is 0.287 e. The topological polar surface area (TPSA) is 111 Å². The molecular weight excluding hydrogens is 262 g/mol. The van der Waals surface area contributed by atoms with Crippen molar-refractivity contribution < 1.29 is 9.72 Å². The van der Waals surface area contributed by atoms with E-state index in [1.807, 2.05) is 0 Å². The molecule has 0 bridgehead atoms. The van der Waals surface area contributed by atoms with E-state index in [9.17, 15) is 14.9 Å². The van der Waals surface area contributed by atoms with E-state index in [2.05, 4.69) is 20.3 Å². The molecule has 1 amide bonds. The molecule has 2 heterocycles. The molecule has 0 saturated carbocycles. The van der Waals surface area contributed by atoms with Crippen LogP contribution in [0, 0.1) is 24.0 Å². The van der Waals surface area contributed by atoms with Crippen molar-refractivity contribution in [1.82, 2.24) is 15.0 Å². The summed E-state index contributed by atoms with van der Waals surface area (Å²) in [6.45, 7) is 3.38. The summed E-state index contributed by atoms with van der Waals surface area (Å²) in [5.41, 5.74) is 1.21. The van der Waals surface area contributed by atoms with E-state index in [0.717, 1.165) is 6.20 Å². The average Bonchev–Trinajstić information content (AvgIpc) is 2.41. The van der Waals surface area contributed by atoms with Crippen molar-refractivity contribution in [2.45, 2.75) is 13.8 Å². The maximum atomic E-state index is 11.9. The molecule has 8 heteroatoms. The molecule has 0 aliphatic heterocycles. The molecular formula is C12H11N5O3. The summed E-state index contributed by atoms with van der Waals surface area (Å²) in [7, 11) is 0. The summed E-state index contributed by atoms with van der Waals surface area (Å²) < 4.78 is 0. The number of amides is 1. The SMILES string of the molecule is Cc1cnc(C(=O)Nc2ncc([N+](=O)[O-])cc2C)cn1. The van der Waals surface area contributed by atoms with Gasteiger partial charge in [-0.05, 0) is 19.4 Å². The van der Waals surface area contributed by atoms with Gasteiger partial charge >= 0.3 is 0 Å². The molecule has 0 fully saturated rings. The molecule has 2 aromatic rings. The van der Waals surface area contributed by atoms with Crippen molar-refractivity contribution in [1.29, 1.82) is 0 Å². The van der Waals surface area contributed by atoms with Gasteiger partial charge in [0.2, 0.25) is 0 Å². The lowest BCUT2D eigenvalue weighted by atomic mass is 10.2. The fourth-order valence-corrected chi connectivity index (χ4v) is 1.47. The smallest absolute Gasteiger partial charge is 0.287 e. The number of anilines is 1. The molecule has 2 aromatic heterocycles. The van der Waals surface area contributed by atoms with Crippen molar-refractivity contribution in [3.63, 3.8) is 0 Å². The summed E-state index contributed by atoms with van der Waals surface area (Å²) in [6.07, 6.45) is 3.92. The predicted molar refractivity (Wildman–Crippen MR) is 70.4 cm³/mol. The predicted octanol–water partition coefficient (Wildman–Crippen LogP) is 1.65. The van der Waals surface area contributed by atoms with Crippen LogP contribution in [0.1, 0.15) is 21.7 Å². The highest BCUT2D eigenvalue weighted by atomic mass is 16.6. The molecule has 0 aliphatic carbocycles. The van der Waals surface area contributed by atoms with Gasteiger partial charge in [-0.2, -0.15) is 0 Å². The highest BCUT2D eigenvalue weighted by Gasteiger charge is 2.13. The first-order chi connectivity index (χ1) is 9.47. The van der Waals surface area contributed by atoms with Gasteiger partial charge in [0.25, 0.3) is 11.6 Å². The van der Waals surface area contributed by atoms with Crippen LogP contribution in [0.25, 0.3) is 0 Å². The minimum absolute atomic E-state index is 0.129. The molecule has 2 rings (SSSR count). The molecule has 8 nitrogen and oxygen atoms in total. The van der Waals surface area contributed by atoms with E-state index in [1.54, 1.807) is 13.8 Å². The number of aryl methyl sites for hydroxylation is 2. The number of carbonyl (C=O) groups excluding carboxylic acids is 1. The Labute approximate surface area is 114 Å². The summed E-state index contributed by atoms with van der Waals surface area (Å²) in [4.78, 5) is 33.7. The van der Waals surface area contributed by atoms with Crippen LogP contribution in [-0.2, 0) is 0 Å². The van der Waals surface area contributed by atoms with Gasteiger partial charge in [0.05, 0.1) is 16.8 Å². The minimum Gasteiger partial charge on any atom is -0.305 e. The minimum atomic E-state index is -0.545. The summed E-state index contributed by atoms with van der Waals surface area (Å²) in [5.74, 6) is -0.218. The molecule has 0 aliphatic rings. The first-order valence-electron chi connectivity index (χ1n) is 5.68. The largest absolute Gasteiger partial charge is 0.305 e. The van der Waals surface area contributed by atoms with E-state index < -0.39 is 10.8 Å². The van der Waals surface area contributed by atoms with Crippen LogP contribution in [0.5, 0.6) is 0 Å². The third-order valence-corrected chi connectivity index (χ3v) is 2.52. The number of pyridine rings is 1. The Kier molecular flexibility index (Phi) is 3.65. The van der Waals surface area contributed by atoms with Gasteiger partial charge in [-0.25, -0.2) is 9.97 Å². The van der Waals surface area contributed by atoms with Crippen LogP contribution in [0.3, 0.4) is 0 Å². The van der Waals surface area contributed by atoms with Gasteiger partial charge in [0, 0.05) is 12.3 Å². The molecule has 0 spiro atoms. The fraction of sp³-hybridized carbons (Fsp3) is 0.167. The van der Waals surface area contributed by atoms with Crippen molar-refractivity contribution in [2.24, 2.45) is 0 Å². The van der Waals surface area contributed by atoms with Crippen LogP contribution in [-0.4, -0.2) is 25.8 Å². The zero-order valence-corrected chi connectivity index (χ0v) is 10.8. The molecule has 102 valence electrons. The Balaban J connectivity index is 2.19. The number of carbonyl (C=O) groups is 1. The number of nitrogens with one attached hydrogen (secondary N) is 1. The van der Waals surface area contributed by atoms with Crippen LogP contribution in [0.2, 0.25) is 0 Å².